The lowest BCUT2D eigenvalue weighted by Gasteiger charge is -2.10. The molecule has 0 aliphatic rings. The molecule has 0 amide bonds. The van der Waals surface area contributed by atoms with Crippen LogP contribution in [0.5, 0.6) is 5.75 Å². The summed E-state index contributed by atoms with van der Waals surface area (Å²) in [4.78, 5) is 3.62. The van der Waals surface area contributed by atoms with Crippen LogP contribution in [0, 0.1) is 0 Å². The molecule has 0 aliphatic heterocycles. The van der Waals surface area contributed by atoms with E-state index >= 15 is 0 Å². The smallest absolute Gasteiger partial charge is 0.404 e. The van der Waals surface area contributed by atoms with E-state index in [0.717, 1.165) is 12.3 Å². The van der Waals surface area contributed by atoms with Gasteiger partial charge in [-0.05, 0) is 0 Å². The maximum absolute atomic E-state index is 11.7. The van der Waals surface area contributed by atoms with Crippen molar-refractivity contribution in [2.24, 2.45) is 0 Å². The molecular weight excluding hydrogens is 199 g/mol. The molecule has 4 nitrogen and oxygen atoms in total. The predicted molar refractivity (Wildman–Crippen MR) is 44.9 cm³/mol. The first-order chi connectivity index (χ1) is 6.42. The maximum atomic E-state index is 11.7. The number of hydrogen-bond acceptors (Lipinski definition) is 4. The summed E-state index contributed by atoms with van der Waals surface area (Å²) in [7, 11) is 1.56. The van der Waals surface area contributed by atoms with Gasteiger partial charge in [-0.3, -0.25) is 0 Å². The lowest BCUT2D eigenvalue weighted by Crippen LogP contribution is -2.17. The third-order valence-corrected chi connectivity index (χ3v) is 1.36. The minimum Gasteiger partial charge on any atom is -0.404 e. The summed E-state index contributed by atoms with van der Waals surface area (Å²) in [6.07, 6.45) is -3.79. The van der Waals surface area contributed by atoms with Crippen LogP contribution in [0.2, 0.25) is 0 Å². The highest BCUT2D eigenvalue weighted by Crippen LogP contribution is 2.26. The van der Waals surface area contributed by atoms with Crippen molar-refractivity contribution >= 4 is 11.5 Å². The van der Waals surface area contributed by atoms with E-state index in [-0.39, 0.29) is 5.69 Å². The lowest BCUT2D eigenvalue weighted by atomic mass is 10.4. The average Bonchev–Trinajstić information content (AvgIpc) is 2.01. The number of alkyl halides is 3. The Morgan fingerprint density at radius 3 is 2.57 bits per heavy atom. The van der Waals surface area contributed by atoms with Crippen molar-refractivity contribution in [2.45, 2.75) is 6.36 Å². The molecule has 0 fully saturated rings. The number of ether oxygens (including phenoxy) is 1. The first-order valence-electron chi connectivity index (χ1n) is 3.61. The summed E-state index contributed by atoms with van der Waals surface area (Å²) < 4.78 is 38.9. The predicted octanol–water partition coefficient (Wildman–Crippen LogP) is 1.60. The van der Waals surface area contributed by atoms with E-state index in [1.807, 2.05) is 0 Å². The van der Waals surface area contributed by atoms with Crippen LogP contribution >= 0.6 is 0 Å². The molecule has 1 aromatic rings. The van der Waals surface area contributed by atoms with Crippen molar-refractivity contribution in [2.75, 3.05) is 18.1 Å². The second-order valence-corrected chi connectivity index (χ2v) is 2.41. The number of nitrogens with one attached hydrogen (secondary N) is 1. The number of pyridine rings is 1. The molecule has 0 radical (unpaired) electrons. The Bertz CT molecular complexity index is 326. The molecule has 0 saturated heterocycles. The van der Waals surface area contributed by atoms with Gasteiger partial charge in [0, 0.05) is 13.1 Å². The van der Waals surface area contributed by atoms with E-state index < -0.39 is 12.1 Å². The second kappa shape index (κ2) is 3.60. The van der Waals surface area contributed by atoms with Crippen molar-refractivity contribution in [3.63, 3.8) is 0 Å². The molecule has 0 spiro atoms. The second-order valence-electron chi connectivity index (χ2n) is 2.41. The zero-order chi connectivity index (χ0) is 10.8. The van der Waals surface area contributed by atoms with Gasteiger partial charge in [0.05, 0.1) is 11.9 Å². The normalized spacial score (nSPS) is 11.1. The molecule has 0 atom stereocenters. The van der Waals surface area contributed by atoms with Crippen LogP contribution in [0.15, 0.2) is 12.3 Å². The van der Waals surface area contributed by atoms with Gasteiger partial charge in [0.2, 0.25) is 0 Å². The van der Waals surface area contributed by atoms with Crippen LogP contribution in [0.1, 0.15) is 0 Å². The van der Waals surface area contributed by atoms with Crippen LogP contribution < -0.4 is 15.8 Å². The third-order valence-electron chi connectivity index (χ3n) is 1.36. The molecule has 14 heavy (non-hydrogen) atoms. The first kappa shape index (κ1) is 10.4. The third kappa shape index (κ3) is 2.68. The first-order valence-corrected chi connectivity index (χ1v) is 3.61. The van der Waals surface area contributed by atoms with Gasteiger partial charge >= 0.3 is 6.36 Å². The highest BCUT2D eigenvalue weighted by Gasteiger charge is 2.31. The standard InChI is InChI=1S/C7H8F3N3O/c1-12-6-5(11)2-4(3-13-6)14-7(8,9)10/h2-3H,11H2,1H3,(H,12,13). The average molecular weight is 207 g/mol. The van der Waals surface area contributed by atoms with Gasteiger partial charge in [-0.15, -0.1) is 13.2 Å². The molecule has 0 unspecified atom stereocenters. The van der Waals surface area contributed by atoms with Gasteiger partial charge < -0.3 is 15.8 Å². The van der Waals surface area contributed by atoms with Gasteiger partial charge in [-0.2, -0.15) is 0 Å². The van der Waals surface area contributed by atoms with Crippen molar-refractivity contribution < 1.29 is 17.9 Å². The Balaban J connectivity index is 2.87. The molecule has 1 heterocycles. The summed E-state index contributed by atoms with van der Waals surface area (Å²) in [5, 5.41) is 2.61. The Morgan fingerprint density at radius 2 is 2.14 bits per heavy atom. The SMILES string of the molecule is CNc1ncc(OC(F)(F)F)cc1N. The van der Waals surface area contributed by atoms with Crippen molar-refractivity contribution in [1.29, 1.82) is 0 Å². The van der Waals surface area contributed by atoms with Crippen LogP contribution in [0.4, 0.5) is 24.7 Å². The van der Waals surface area contributed by atoms with Crippen molar-refractivity contribution in [3.8, 4) is 5.75 Å². The molecule has 3 N–H and O–H groups in total. The number of nitrogens with zero attached hydrogens (tertiary/aromatic N) is 1. The molecule has 0 aromatic carbocycles. The topological polar surface area (TPSA) is 60.2 Å². The minimum absolute atomic E-state index is 0.0919. The van der Waals surface area contributed by atoms with Crippen LogP contribution in [-0.2, 0) is 0 Å². The van der Waals surface area contributed by atoms with Gasteiger partial charge in [0.15, 0.2) is 0 Å². The molecule has 0 saturated carbocycles. The monoisotopic (exact) mass is 207 g/mol. The van der Waals surface area contributed by atoms with Crippen molar-refractivity contribution in [1.82, 2.24) is 4.98 Å². The molecule has 7 heteroatoms. The Morgan fingerprint density at radius 1 is 1.50 bits per heavy atom. The fourth-order valence-corrected chi connectivity index (χ4v) is 0.860. The summed E-state index contributed by atoms with van der Waals surface area (Å²) in [6.45, 7) is 0. The Kier molecular flexibility index (Phi) is 2.68. The van der Waals surface area contributed by atoms with Gasteiger partial charge in [0.25, 0.3) is 0 Å². The fourth-order valence-electron chi connectivity index (χ4n) is 0.860. The fraction of sp³-hybridized carbons (Fsp3) is 0.286. The summed E-state index contributed by atoms with van der Waals surface area (Å²) in [5.41, 5.74) is 5.47. The number of rotatable bonds is 2. The quantitative estimate of drug-likeness (QED) is 0.773. The molecule has 0 aliphatic carbocycles. The highest BCUT2D eigenvalue weighted by atomic mass is 19.4. The van der Waals surface area contributed by atoms with Gasteiger partial charge in [-0.1, -0.05) is 0 Å². The zero-order valence-corrected chi connectivity index (χ0v) is 7.22. The minimum atomic E-state index is -4.73. The number of nitrogen functional groups attached to an aromatic ring is 1. The van der Waals surface area contributed by atoms with E-state index in [2.05, 4.69) is 15.0 Å². The van der Waals surface area contributed by atoms with Crippen LogP contribution in [0.25, 0.3) is 0 Å². The number of nitrogens with two attached hydrogens (primary N) is 1. The molecule has 1 aromatic heterocycles. The molecule has 1 rings (SSSR count). The van der Waals surface area contributed by atoms with Crippen LogP contribution in [-0.4, -0.2) is 18.4 Å². The highest BCUT2D eigenvalue weighted by molar-refractivity contribution is 5.62. The maximum Gasteiger partial charge on any atom is 0.573 e. The number of halogens is 3. The Labute approximate surface area is 77.9 Å². The number of anilines is 2. The van der Waals surface area contributed by atoms with Crippen LogP contribution in [0.3, 0.4) is 0 Å². The van der Waals surface area contributed by atoms with Gasteiger partial charge in [-0.25, -0.2) is 4.98 Å². The van der Waals surface area contributed by atoms with Gasteiger partial charge in [0.1, 0.15) is 11.6 Å². The Hall–Kier alpha value is -1.66. The lowest BCUT2D eigenvalue weighted by molar-refractivity contribution is -0.274. The number of hydrogen-bond donors (Lipinski definition) is 2. The van der Waals surface area contributed by atoms with E-state index in [1.54, 1.807) is 7.05 Å². The van der Waals surface area contributed by atoms with E-state index in [1.165, 1.54) is 0 Å². The molecule has 78 valence electrons. The summed E-state index contributed by atoms with van der Waals surface area (Å²) in [6, 6.07) is 1.05. The van der Waals surface area contributed by atoms with E-state index in [4.69, 9.17) is 5.73 Å². The zero-order valence-electron chi connectivity index (χ0n) is 7.22. The number of aromatic nitrogens is 1. The van der Waals surface area contributed by atoms with Crippen molar-refractivity contribution in [3.05, 3.63) is 12.3 Å². The molecule has 0 bridgehead atoms. The summed E-state index contributed by atoms with van der Waals surface area (Å²) >= 11 is 0. The largest absolute Gasteiger partial charge is 0.573 e. The molecular formula is C7H8F3N3O. The van der Waals surface area contributed by atoms with E-state index in [0.29, 0.717) is 5.82 Å². The summed E-state index contributed by atoms with van der Waals surface area (Å²) in [5.74, 6) is -0.131. The van der Waals surface area contributed by atoms with E-state index in [9.17, 15) is 13.2 Å².